The molecular formula is C19H26N6O6. The number of hydrazone groups is 1. The number of nitrogens with one attached hydrogen (secondary N) is 3. The number of hydrogen-bond acceptors (Lipinski definition) is 8. The smallest absolute Gasteiger partial charge is 0.430 e. The van der Waals surface area contributed by atoms with Crippen LogP contribution in [-0.2, 0) is 19.2 Å². The number of ether oxygens (including phenoxy) is 1. The molecule has 0 saturated carbocycles. The maximum atomic E-state index is 12.6. The Morgan fingerprint density at radius 2 is 2.03 bits per heavy atom. The van der Waals surface area contributed by atoms with Gasteiger partial charge >= 0.3 is 18.1 Å². The van der Waals surface area contributed by atoms with Gasteiger partial charge in [-0.2, -0.15) is 5.10 Å². The molecule has 1 heterocycles. The Morgan fingerprint density at radius 1 is 1.29 bits per heavy atom. The lowest BCUT2D eigenvalue weighted by Crippen LogP contribution is -2.46. The zero-order valence-corrected chi connectivity index (χ0v) is 17.1. The molecule has 0 bridgehead atoms. The van der Waals surface area contributed by atoms with Gasteiger partial charge in [0.15, 0.2) is 0 Å². The highest BCUT2D eigenvalue weighted by atomic mass is 16.7. The van der Waals surface area contributed by atoms with Crippen molar-refractivity contribution >= 4 is 35.9 Å². The second-order valence-electron chi connectivity index (χ2n) is 6.56. The van der Waals surface area contributed by atoms with Crippen molar-refractivity contribution in [2.45, 2.75) is 32.2 Å². The van der Waals surface area contributed by atoms with E-state index in [-0.39, 0.29) is 24.8 Å². The monoisotopic (exact) mass is 434 g/mol. The zero-order valence-electron chi connectivity index (χ0n) is 17.1. The quantitative estimate of drug-likeness (QED) is 0.235. The highest BCUT2D eigenvalue weighted by Crippen LogP contribution is 2.21. The molecule has 31 heavy (non-hydrogen) atoms. The maximum Gasteiger partial charge on any atom is 0.430 e. The summed E-state index contributed by atoms with van der Waals surface area (Å²) in [4.78, 5) is 52.3. The number of carbonyl (C=O) groups is 4. The third kappa shape index (κ3) is 7.84. The number of nitrogens with zero attached hydrogens (tertiary/aromatic N) is 2. The molecule has 2 rings (SSSR count). The van der Waals surface area contributed by atoms with Gasteiger partial charge in [-0.15, -0.1) is 5.59 Å². The van der Waals surface area contributed by atoms with E-state index in [1.54, 1.807) is 29.2 Å². The van der Waals surface area contributed by atoms with Crippen molar-refractivity contribution in [1.82, 2.24) is 16.2 Å². The average molecular weight is 434 g/mol. The van der Waals surface area contributed by atoms with Gasteiger partial charge in [0.25, 0.3) is 0 Å². The lowest BCUT2D eigenvalue weighted by Gasteiger charge is -2.17. The van der Waals surface area contributed by atoms with E-state index in [2.05, 4.69) is 20.6 Å². The third-order valence-corrected chi connectivity index (χ3v) is 4.21. The molecule has 1 aromatic carbocycles. The van der Waals surface area contributed by atoms with Gasteiger partial charge in [0.05, 0.1) is 19.2 Å². The van der Waals surface area contributed by atoms with Crippen molar-refractivity contribution < 1.29 is 28.8 Å². The van der Waals surface area contributed by atoms with Crippen molar-refractivity contribution in [2.75, 3.05) is 24.6 Å². The Kier molecular flexibility index (Phi) is 9.08. The van der Waals surface area contributed by atoms with Crippen LogP contribution in [0.3, 0.4) is 0 Å². The number of esters is 1. The van der Waals surface area contributed by atoms with E-state index in [1.165, 1.54) is 6.21 Å². The number of carbonyl (C=O) groups excluding carboxylic acids is 4. The first-order valence-corrected chi connectivity index (χ1v) is 9.76. The molecule has 1 saturated heterocycles. The van der Waals surface area contributed by atoms with Crippen LogP contribution in [0, 0.1) is 0 Å². The predicted molar refractivity (Wildman–Crippen MR) is 111 cm³/mol. The number of urea groups is 1. The van der Waals surface area contributed by atoms with Crippen molar-refractivity contribution in [1.29, 1.82) is 0 Å². The number of hydrogen-bond donors (Lipinski definition) is 4. The number of anilines is 1. The summed E-state index contributed by atoms with van der Waals surface area (Å²) >= 11 is 0. The van der Waals surface area contributed by atoms with E-state index in [0.717, 1.165) is 6.42 Å². The van der Waals surface area contributed by atoms with Gasteiger partial charge in [-0.25, -0.2) is 9.59 Å². The third-order valence-electron chi connectivity index (χ3n) is 4.21. The Balaban J connectivity index is 1.78. The van der Waals surface area contributed by atoms with Crippen LogP contribution in [0.1, 0.15) is 31.7 Å². The summed E-state index contributed by atoms with van der Waals surface area (Å²) in [6.45, 7) is 2.83. The molecule has 1 fully saturated rings. The van der Waals surface area contributed by atoms with Crippen LogP contribution in [-0.4, -0.2) is 56.0 Å². The van der Waals surface area contributed by atoms with Crippen molar-refractivity contribution in [3.63, 3.8) is 0 Å². The largest absolute Gasteiger partial charge is 0.466 e. The lowest BCUT2D eigenvalue weighted by molar-refractivity contribution is -0.143. The Morgan fingerprint density at radius 3 is 2.71 bits per heavy atom. The molecule has 0 radical (unpaired) electrons. The molecule has 168 valence electrons. The summed E-state index contributed by atoms with van der Waals surface area (Å²) in [6.07, 6.45) is 1.66. The zero-order chi connectivity index (χ0) is 22.6. The van der Waals surface area contributed by atoms with Crippen LogP contribution in [0.2, 0.25) is 0 Å². The number of amides is 4. The van der Waals surface area contributed by atoms with Crippen LogP contribution in [0.4, 0.5) is 15.3 Å². The Hall–Kier alpha value is -3.83. The van der Waals surface area contributed by atoms with Crippen molar-refractivity contribution in [3.8, 4) is 0 Å². The normalized spacial score (nSPS) is 15.6. The second-order valence-corrected chi connectivity index (χ2v) is 6.56. The van der Waals surface area contributed by atoms with Crippen LogP contribution in [0.15, 0.2) is 29.4 Å². The minimum atomic E-state index is -1.01. The summed E-state index contributed by atoms with van der Waals surface area (Å²) in [6, 6.07) is 5.76. The van der Waals surface area contributed by atoms with E-state index < -0.39 is 18.2 Å². The van der Waals surface area contributed by atoms with Gasteiger partial charge in [-0.3, -0.25) is 9.59 Å². The van der Waals surface area contributed by atoms with Crippen LogP contribution in [0.5, 0.6) is 0 Å². The van der Waals surface area contributed by atoms with E-state index in [4.69, 9.17) is 10.5 Å². The highest BCUT2D eigenvalue weighted by molar-refractivity contribution is 6.01. The molecule has 1 atom stereocenters. The molecule has 0 spiro atoms. The molecule has 5 N–H and O–H groups in total. The van der Waals surface area contributed by atoms with E-state index in [0.29, 0.717) is 30.8 Å². The number of nitrogens with two attached hydrogens (primary N) is 1. The molecule has 0 unspecified atom stereocenters. The molecule has 1 aliphatic rings. The maximum absolute atomic E-state index is 12.6. The minimum absolute atomic E-state index is 0.0674. The van der Waals surface area contributed by atoms with E-state index in [9.17, 15) is 19.2 Å². The highest BCUT2D eigenvalue weighted by Gasteiger charge is 2.33. The molecular weight excluding hydrogens is 408 g/mol. The minimum Gasteiger partial charge on any atom is -0.466 e. The van der Waals surface area contributed by atoms with Gasteiger partial charge in [0.1, 0.15) is 6.04 Å². The molecule has 12 heteroatoms. The van der Waals surface area contributed by atoms with Crippen molar-refractivity contribution in [2.24, 2.45) is 10.8 Å². The summed E-state index contributed by atoms with van der Waals surface area (Å²) < 4.78 is 4.92. The number of rotatable bonds is 10. The van der Waals surface area contributed by atoms with Crippen LogP contribution < -0.4 is 26.9 Å². The van der Waals surface area contributed by atoms with E-state index >= 15 is 0 Å². The van der Waals surface area contributed by atoms with Gasteiger partial charge in [0.2, 0.25) is 5.91 Å². The SMILES string of the molecule is CCCOC(=O)CCNC(=O)N[C@H]1CCN(c2ccc(C=NNOC(N)=O)cc2)C1=O. The first kappa shape index (κ1) is 23.4. The van der Waals surface area contributed by atoms with Gasteiger partial charge in [-0.05, 0) is 30.5 Å². The van der Waals surface area contributed by atoms with Gasteiger partial charge in [0, 0.05) is 18.8 Å². The van der Waals surface area contributed by atoms with Gasteiger partial charge < -0.3 is 30.8 Å². The topological polar surface area (TPSA) is 164 Å². The Labute approximate surface area is 179 Å². The van der Waals surface area contributed by atoms with E-state index in [1.807, 2.05) is 12.5 Å². The summed E-state index contributed by atoms with van der Waals surface area (Å²) in [5, 5.41) is 8.83. The molecule has 12 nitrogen and oxygen atoms in total. The fraction of sp³-hybridized carbons (Fsp3) is 0.421. The molecule has 1 aromatic rings. The fourth-order valence-corrected chi connectivity index (χ4v) is 2.76. The average Bonchev–Trinajstić information content (AvgIpc) is 3.10. The lowest BCUT2D eigenvalue weighted by atomic mass is 10.2. The number of benzene rings is 1. The molecule has 0 aromatic heterocycles. The van der Waals surface area contributed by atoms with Gasteiger partial charge in [-0.1, -0.05) is 19.1 Å². The second kappa shape index (κ2) is 12.0. The summed E-state index contributed by atoms with van der Waals surface area (Å²) in [5.41, 5.74) is 8.18. The van der Waals surface area contributed by atoms with Crippen LogP contribution in [0.25, 0.3) is 0 Å². The molecule has 1 aliphatic heterocycles. The first-order valence-electron chi connectivity index (χ1n) is 9.76. The Bertz CT molecular complexity index is 813. The fourth-order valence-electron chi connectivity index (χ4n) is 2.76. The summed E-state index contributed by atoms with van der Waals surface area (Å²) in [7, 11) is 0. The molecule has 4 amide bonds. The molecule has 0 aliphatic carbocycles. The van der Waals surface area contributed by atoms with Crippen LogP contribution >= 0.6 is 0 Å². The van der Waals surface area contributed by atoms with Crippen molar-refractivity contribution in [3.05, 3.63) is 29.8 Å². The summed E-state index contributed by atoms with van der Waals surface area (Å²) in [5.74, 6) is -0.606. The first-order chi connectivity index (χ1) is 14.9. The standard InChI is InChI=1S/C19H26N6O6/c1-2-11-30-16(26)7-9-21-19(29)23-15-8-10-25(17(15)27)14-5-3-13(4-6-14)12-22-24-31-18(20)28/h3-6,12,15,24H,2,7-11H2,1H3,(H2,20,28)(H2,21,23,29)/t15-/m0/s1. The predicted octanol–water partition coefficient (Wildman–Crippen LogP) is 0.368. The number of primary amides is 1.